The second kappa shape index (κ2) is 9.76. The zero-order valence-corrected chi connectivity index (χ0v) is 24.2. The minimum absolute atomic E-state index is 0.0301. The first-order chi connectivity index (χ1) is 16.5. The Hall–Kier alpha value is -2.49. The van der Waals surface area contributed by atoms with Gasteiger partial charge in [0.05, 0.1) is 22.5 Å². The zero-order chi connectivity index (χ0) is 27.1. The van der Waals surface area contributed by atoms with E-state index in [9.17, 15) is 19.5 Å². The molecule has 9 heteroatoms. The van der Waals surface area contributed by atoms with E-state index >= 15 is 0 Å². The molecule has 0 spiro atoms. The molecular weight excluding hydrogens is 494 g/mol. The predicted octanol–water partition coefficient (Wildman–Crippen LogP) is 6.88. The third-order valence-electron chi connectivity index (χ3n) is 7.09. The van der Waals surface area contributed by atoms with Gasteiger partial charge in [0.15, 0.2) is 14.1 Å². The van der Waals surface area contributed by atoms with Gasteiger partial charge in [-0.05, 0) is 62.9 Å². The molecule has 3 rings (SSSR count). The smallest absolute Gasteiger partial charge is 0.412 e. The highest BCUT2D eigenvalue weighted by atomic mass is 32.1. The second-order valence-electron chi connectivity index (χ2n) is 11.9. The van der Waals surface area contributed by atoms with E-state index < -0.39 is 31.4 Å². The van der Waals surface area contributed by atoms with Crippen LogP contribution in [0.1, 0.15) is 79.1 Å². The fraction of sp³-hybridized carbons (Fsp3) is 0.519. The fourth-order valence-corrected chi connectivity index (χ4v) is 6.35. The van der Waals surface area contributed by atoms with Crippen molar-refractivity contribution in [3.8, 4) is 0 Å². The number of thiophene rings is 1. The van der Waals surface area contributed by atoms with Gasteiger partial charge in [-0.1, -0.05) is 51.1 Å². The number of carbonyl (C=O) groups excluding carboxylic acids is 2. The molecule has 1 aliphatic rings. The molecule has 0 fully saturated rings. The van der Waals surface area contributed by atoms with Gasteiger partial charge in [0.2, 0.25) is 0 Å². The van der Waals surface area contributed by atoms with Crippen molar-refractivity contribution in [1.82, 2.24) is 0 Å². The Morgan fingerprint density at radius 1 is 1.11 bits per heavy atom. The summed E-state index contributed by atoms with van der Waals surface area (Å²) in [4.78, 5) is 39.2. The van der Waals surface area contributed by atoms with Crippen molar-refractivity contribution in [3.05, 3.63) is 51.9 Å². The quantitative estimate of drug-likeness (QED) is 0.394. The molecule has 196 valence electrons. The molecule has 1 aromatic carbocycles. The van der Waals surface area contributed by atoms with Gasteiger partial charge in [-0.3, -0.25) is 10.1 Å². The van der Waals surface area contributed by atoms with E-state index in [1.807, 2.05) is 30.3 Å². The second-order valence-corrected chi connectivity index (χ2v) is 17.7. The van der Waals surface area contributed by atoms with Gasteiger partial charge in [0.25, 0.3) is 0 Å². The van der Waals surface area contributed by atoms with Crippen LogP contribution in [0.5, 0.6) is 0 Å². The lowest BCUT2D eigenvalue weighted by atomic mass is 9.69. The average Bonchev–Trinajstić information content (AvgIpc) is 3.10. The standard InChI is InChI=1S/C27H37NO6SSi/c1-25(2,3)34-24(32)28-22-19(23(30)31)18-14-15-27(21(29)20(18)35-22,17-12-10-9-11-13-17)16-33-36(7,8)26(4,5)6/h9-13H,14-16H2,1-8H3,(H,28,32)(H,30,31). The summed E-state index contributed by atoms with van der Waals surface area (Å²) >= 11 is 1.00. The highest BCUT2D eigenvalue weighted by molar-refractivity contribution is 7.19. The number of hydrogen-bond donors (Lipinski definition) is 2. The largest absolute Gasteiger partial charge is 0.478 e. The van der Waals surface area contributed by atoms with Crippen molar-refractivity contribution in [3.63, 3.8) is 0 Å². The molecule has 1 aliphatic carbocycles. The summed E-state index contributed by atoms with van der Waals surface area (Å²) in [6.45, 7) is 16.2. The SMILES string of the molecule is CC(C)(C)OC(=O)Nc1sc2c(c1C(=O)O)CCC(CO[Si](C)(C)C(C)(C)C)(c1ccccc1)C2=O. The lowest BCUT2D eigenvalue weighted by Gasteiger charge is -2.42. The van der Waals surface area contributed by atoms with Crippen LogP contribution in [0.25, 0.3) is 0 Å². The first-order valence-electron chi connectivity index (χ1n) is 12.1. The van der Waals surface area contributed by atoms with Crippen molar-refractivity contribution < 1.29 is 28.7 Å². The van der Waals surface area contributed by atoms with Crippen molar-refractivity contribution in [2.24, 2.45) is 0 Å². The normalized spacial score (nSPS) is 18.5. The molecule has 0 radical (unpaired) electrons. The molecule has 0 saturated heterocycles. The zero-order valence-electron chi connectivity index (χ0n) is 22.4. The highest BCUT2D eigenvalue weighted by Gasteiger charge is 2.49. The Bertz CT molecular complexity index is 1160. The Morgan fingerprint density at radius 3 is 2.25 bits per heavy atom. The third-order valence-corrected chi connectivity index (χ3v) is 12.7. The molecule has 2 N–H and O–H groups in total. The minimum atomic E-state index is -2.17. The average molecular weight is 532 g/mol. The molecule has 1 unspecified atom stereocenters. The topological polar surface area (TPSA) is 102 Å². The number of hydrogen-bond acceptors (Lipinski definition) is 6. The van der Waals surface area contributed by atoms with Crippen LogP contribution >= 0.6 is 11.3 Å². The molecule has 36 heavy (non-hydrogen) atoms. The molecule has 0 aliphatic heterocycles. The number of ether oxygens (including phenoxy) is 1. The van der Waals surface area contributed by atoms with Gasteiger partial charge >= 0.3 is 12.1 Å². The molecule has 1 aromatic heterocycles. The van der Waals surface area contributed by atoms with Gasteiger partial charge in [-0.25, -0.2) is 9.59 Å². The fourth-order valence-electron chi connectivity index (χ4n) is 4.04. The van der Waals surface area contributed by atoms with Gasteiger partial charge in [-0.15, -0.1) is 11.3 Å². The maximum Gasteiger partial charge on any atom is 0.412 e. The van der Waals surface area contributed by atoms with Crippen LogP contribution in [-0.4, -0.2) is 43.5 Å². The number of Topliss-reactive ketones (excluding diaryl/α,β-unsaturated/α-hetero) is 1. The number of amides is 1. The highest BCUT2D eigenvalue weighted by Crippen LogP contribution is 2.47. The molecule has 0 saturated carbocycles. The van der Waals surface area contributed by atoms with E-state index in [1.54, 1.807) is 20.8 Å². The Labute approximate surface area is 218 Å². The number of carboxylic acids is 1. The lowest BCUT2D eigenvalue weighted by Crippen LogP contribution is -2.49. The third kappa shape index (κ3) is 5.58. The van der Waals surface area contributed by atoms with E-state index in [2.05, 4.69) is 39.2 Å². The molecule has 7 nitrogen and oxygen atoms in total. The van der Waals surface area contributed by atoms with Crippen LogP contribution in [0.3, 0.4) is 0 Å². The summed E-state index contributed by atoms with van der Waals surface area (Å²) in [5, 5.41) is 12.6. The first kappa shape index (κ1) is 28.1. The summed E-state index contributed by atoms with van der Waals surface area (Å²) in [7, 11) is -2.17. The molecule has 2 aromatic rings. The van der Waals surface area contributed by atoms with Crippen LogP contribution in [0, 0.1) is 0 Å². The number of carboxylic acid groups (broad SMARTS) is 1. The van der Waals surface area contributed by atoms with E-state index in [1.165, 1.54) is 0 Å². The number of fused-ring (bicyclic) bond motifs is 1. The number of anilines is 1. The summed E-state index contributed by atoms with van der Waals surface area (Å²) < 4.78 is 11.9. The van der Waals surface area contributed by atoms with Crippen LogP contribution in [0.2, 0.25) is 18.1 Å². The number of nitrogens with one attached hydrogen (secondary N) is 1. The van der Waals surface area contributed by atoms with E-state index in [4.69, 9.17) is 9.16 Å². The van der Waals surface area contributed by atoms with Gasteiger partial charge < -0.3 is 14.3 Å². The maximum atomic E-state index is 14.2. The van der Waals surface area contributed by atoms with Crippen LogP contribution in [-0.2, 0) is 21.0 Å². The van der Waals surface area contributed by atoms with Crippen LogP contribution < -0.4 is 5.32 Å². The lowest BCUT2D eigenvalue weighted by molar-refractivity contribution is 0.0636. The minimum Gasteiger partial charge on any atom is -0.478 e. The summed E-state index contributed by atoms with van der Waals surface area (Å²) in [5.74, 6) is -1.35. The molecule has 1 atom stereocenters. The number of benzene rings is 1. The summed E-state index contributed by atoms with van der Waals surface area (Å²) in [6.07, 6.45) is 0.0392. The van der Waals surface area contributed by atoms with E-state index in [0.29, 0.717) is 23.3 Å². The Kier molecular flexibility index (Phi) is 7.61. The van der Waals surface area contributed by atoms with E-state index in [-0.39, 0.29) is 28.0 Å². The molecule has 1 amide bonds. The summed E-state index contributed by atoms with van der Waals surface area (Å²) in [5.41, 5.74) is -0.410. The number of carbonyl (C=O) groups is 3. The maximum absolute atomic E-state index is 14.2. The van der Waals surface area contributed by atoms with Crippen molar-refractivity contribution in [2.45, 2.75) is 83.5 Å². The monoisotopic (exact) mass is 531 g/mol. The van der Waals surface area contributed by atoms with Gasteiger partial charge in [0.1, 0.15) is 10.6 Å². The Morgan fingerprint density at radius 2 is 1.72 bits per heavy atom. The summed E-state index contributed by atoms with van der Waals surface area (Å²) in [6, 6.07) is 9.58. The Balaban J connectivity index is 2.06. The van der Waals surface area contributed by atoms with Gasteiger partial charge in [-0.2, -0.15) is 0 Å². The number of rotatable bonds is 6. The molecular formula is C27H37NO6SSi. The van der Waals surface area contributed by atoms with Gasteiger partial charge in [0, 0.05) is 0 Å². The van der Waals surface area contributed by atoms with Crippen LogP contribution in [0.4, 0.5) is 9.80 Å². The van der Waals surface area contributed by atoms with Crippen molar-refractivity contribution in [1.29, 1.82) is 0 Å². The molecule has 0 bridgehead atoms. The van der Waals surface area contributed by atoms with Crippen molar-refractivity contribution in [2.75, 3.05) is 11.9 Å². The first-order valence-corrected chi connectivity index (χ1v) is 15.8. The van der Waals surface area contributed by atoms with Crippen molar-refractivity contribution >= 4 is 42.5 Å². The number of ketones is 1. The molecule has 1 heterocycles. The van der Waals surface area contributed by atoms with Crippen LogP contribution in [0.15, 0.2) is 30.3 Å². The number of aromatic carboxylic acids is 1. The predicted molar refractivity (Wildman–Crippen MR) is 145 cm³/mol. The van der Waals surface area contributed by atoms with E-state index in [0.717, 1.165) is 16.9 Å².